The molecule has 0 saturated heterocycles. The minimum Gasteiger partial charge on any atom is -0.477 e. The van der Waals surface area contributed by atoms with E-state index in [-0.39, 0.29) is 0 Å². The SMILES string of the molecule is CC1CCC(NCc2ccc(C(=O)O)s2)C1C. The van der Waals surface area contributed by atoms with Crippen molar-refractivity contribution in [1.29, 1.82) is 0 Å². The van der Waals surface area contributed by atoms with Gasteiger partial charge in [0.05, 0.1) is 0 Å². The van der Waals surface area contributed by atoms with Crippen molar-refractivity contribution in [2.45, 2.75) is 39.3 Å². The number of rotatable bonds is 4. The summed E-state index contributed by atoms with van der Waals surface area (Å²) in [6.45, 7) is 5.39. The second kappa shape index (κ2) is 5.19. The summed E-state index contributed by atoms with van der Waals surface area (Å²) in [6.07, 6.45) is 2.53. The fourth-order valence-electron chi connectivity index (χ4n) is 2.47. The van der Waals surface area contributed by atoms with Gasteiger partial charge in [0.15, 0.2) is 0 Å². The van der Waals surface area contributed by atoms with E-state index in [1.54, 1.807) is 6.07 Å². The first-order valence-electron chi connectivity index (χ1n) is 6.13. The minimum atomic E-state index is -0.830. The van der Waals surface area contributed by atoms with Crippen LogP contribution in [0.3, 0.4) is 0 Å². The highest BCUT2D eigenvalue weighted by atomic mass is 32.1. The Morgan fingerprint density at radius 1 is 1.47 bits per heavy atom. The molecule has 0 bridgehead atoms. The predicted molar refractivity (Wildman–Crippen MR) is 69.5 cm³/mol. The van der Waals surface area contributed by atoms with Gasteiger partial charge in [-0.05, 0) is 36.8 Å². The molecular formula is C13H19NO2S. The summed E-state index contributed by atoms with van der Waals surface area (Å²) >= 11 is 1.36. The molecule has 17 heavy (non-hydrogen) atoms. The minimum absolute atomic E-state index is 0.426. The van der Waals surface area contributed by atoms with Crippen molar-refractivity contribution in [2.24, 2.45) is 11.8 Å². The van der Waals surface area contributed by atoms with Crippen molar-refractivity contribution < 1.29 is 9.90 Å². The summed E-state index contributed by atoms with van der Waals surface area (Å²) in [5.41, 5.74) is 0. The zero-order valence-corrected chi connectivity index (χ0v) is 11.1. The van der Waals surface area contributed by atoms with Crippen LogP contribution in [0.4, 0.5) is 0 Å². The Bertz CT molecular complexity index is 402. The van der Waals surface area contributed by atoms with Gasteiger partial charge in [0.2, 0.25) is 0 Å². The van der Waals surface area contributed by atoms with Gasteiger partial charge in [-0.2, -0.15) is 0 Å². The van der Waals surface area contributed by atoms with Gasteiger partial charge in [-0.1, -0.05) is 13.8 Å². The lowest BCUT2D eigenvalue weighted by molar-refractivity contribution is 0.0702. The van der Waals surface area contributed by atoms with E-state index in [4.69, 9.17) is 5.11 Å². The molecule has 4 heteroatoms. The number of carbonyl (C=O) groups is 1. The third kappa shape index (κ3) is 2.87. The van der Waals surface area contributed by atoms with E-state index >= 15 is 0 Å². The third-order valence-corrected chi connectivity index (χ3v) is 4.95. The van der Waals surface area contributed by atoms with Crippen LogP contribution in [-0.4, -0.2) is 17.1 Å². The van der Waals surface area contributed by atoms with Gasteiger partial charge in [-0.25, -0.2) is 4.79 Å². The number of thiophene rings is 1. The largest absolute Gasteiger partial charge is 0.477 e. The molecule has 2 rings (SSSR count). The Balaban J connectivity index is 1.87. The van der Waals surface area contributed by atoms with Crippen molar-refractivity contribution in [3.63, 3.8) is 0 Å². The Labute approximate surface area is 106 Å². The highest BCUT2D eigenvalue weighted by Gasteiger charge is 2.29. The molecule has 1 aliphatic rings. The van der Waals surface area contributed by atoms with E-state index < -0.39 is 5.97 Å². The van der Waals surface area contributed by atoms with Gasteiger partial charge in [-0.15, -0.1) is 11.3 Å². The smallest absolute Gasteiger partial charge is 0.345 e. The van der Waals surface area contributed by atoms with Crippen LogP contribution < -0.4 is 5.32 Å². The molecule has 3 nitrogen and oxygen atoms in total. The third-order valence-electron chi connectivity index (χ3n) is 3.88. The first-order valence-corrected chi connectivity index (χ1v) is 6.95. The summed E-state index contributed by atoms with van der Waals surface area (Å²) in [4.78, 5) is 12.3. The van der Waals surface area contributed by atoms with Crippen LogP contribution in [0, 0.1) is 11.8 Å². The quantitative estimate of drug-likeness (QED) is 0.867. The molecule has 0 radical (unpaired) electrons. The van der Waals surface area contributed by atoms with Crippen LogP contribution in [0.1, 0.15) is 41.2 Å². The average Bonchev–Trinajstić information content (AvgIpc) is 2.86. The molecule has 3 unspecified atom stereocenters. The van der Waals surface area contributed by atoms with Gasteiger partial charge >= 0.3 is 5.97 Å². The molecule has 0 amide bonds. The normalized spacial score (nSPS) is 28.5. The first kappa shape index (κ1) is 12.6. The Hall–Kier alpha value is -0.870. The topological polar surface area (TPSA) is 49.3 Å². The second-order valence-electron chi connectivity index (χ2n) is 4.97. The number of hydrogen-bond donors (Lipinski definition) is 2. The molecule has 94 valence electrons. The fourth-order valence-corrected chi connectivity index (χ4v) is 3.27. The summed E-state index contributed by atoms with van der Waals surface area (Å²) in [7, 11) is 0. The molecular weight excluding hydrogens is 234 g/mol. The number of aromatic carboxylic acids is 1. The summed E-state index contributed by atoms with van der Waals surface area (Å²) < 4.78 is 0. The summed E-state index contributed by atoms with van der Waals surface area (Å²) in [5.74, 6) is 0.684. The van der Waals surface area contributed by atoms with Crippen LogP contribution in [0.15, 0.2) is 12.1 Å². The maximum absolute atomic E-state index is 10.8. The van der Waals surface area contributed by atoms with Crippen molar-refractivity contribution in [3.8, 4) is 0 Å². The summed E-state index contributed by atoms with van der Waals surface area (Å²) in [6, 6.07) is 4.18. The molecule has 0 aliphatic heterocycles. The molecule has 1 aromatic rings. The van der Waals surface area contributed by atoms with E-state index in [1.807, 2.05) is 6.07 Å². The molecule has 0 aromatic carbocycles. The van der Waals surface area contributed by atoms with E-state index in [1.165, 1.54) is 24.2 Å². The number of nitrogens with one attached hydrogen (secondary N) is 1. The number of hydrogen-bond acceptors (Lipinski definition) is 3. The zero-order valence-electron chi connectivity index (χ0n) is 10.3. The summed E-state index contributed by atoms with van der Waals surface area (Å²) in [5, 5.41) is 12.4. The van der Waals surface area contributed by atoms with Crippen LogP contribution in [0.5, 0.6) is 0 Å². The average molecular weight is 253 g/mol. The standard InChI is InChI=1S/C13H19NO2S/c1-8-3-5-11(9(8)2)14-7-10-4-6-12(17-10)13(15)16/h4,6,8-9,11,14H,3,5,7H2,1-2H3,(H,15,16). The first-order chi connectivity index (χ1) is 8.08. The van der Waals surface area contributed by atoms with E-state index in [0.717, 1.165) is 17.3 Å². The predicted octanol–water partition coefficient (Wildman–Crippen LogP) is 2.97. The van der Waals surface area contributed by atoms with Gasteiger partial charge in [-0.3, -0.25) is 0 Å². The highest BCUT2D eigenvalue weighted by molar-refractivity contribution is 7.13. The van der Waals surface area contributed by atoms with E-state index in [2.05, 4.69) is 19.2 Å². The Morgan fingerprint density at radius 2 is 2.24 bits per heavy atom. The number of carboxylic acid groups (broad SMARTS) is 1. The lowest BCUT2D eigenvalue weighted by Gasteiger charge is -2.19. The molecule has 0 spiro atoms. The van der Waals surface area contributed by atoms with Gasteiger partial charge in [0.25, 0.3) is 0 Å². The van der Waals surface area contributed by atoms with Crippen LogP contribution in [-0.2, 0) is 6.54 Å². The van der Waals surface area contributed by atoms with Crippen molar-refractivity contribution in [2.75, 3.05) is 0 Å². The van der Waals surface area contributed by atoms with Gasteiger partial charge < -0.3 is 10.4 Å². The molecule has 1 aromatic heterocycles. The number of carboxylic acids is 1. The van der Waals surface area contributed by atoms with Crippen molar-refractivity contribution in [3.05, 3.63) is 21.9 Å². The Kier molecular flexibility index (Phi) is 3.84. The fraction of sp³-hybridized carbons (Fsp3) is 0.615. The maximum atomic E-state index is 10.8. The van der Waals surface area contributed by atoms with Crippen LogP contribution in [0.25, 0.3) is 0 Å². The molecule has 1 aliphatic carbocycles. The highest BCUT2D eigenvalue weighted by Crippen LogP contribution is 2.31. The second-order valence-corrected chi connectivity index (χ2v) is 6.14. The lowest BCUT2D eigenvalue weighted by atomic mass is 9.98. The molecule has 2 N–H and O–H groups in total. The van der Waals surface area contributed by atoms with Gasteiger partial charge in [0, 0.05) is 17.5 Å². The van der Waals surface area contributed by atoms with Gasteiger partial charge in [0.1, 0.15) is 4.88 Å². The van der Waals surface area contributed by atoms with Crippen LogP contribution in [0.2, 0.25) is 0 Å². The van der Waals surface area contributed by atoms with Crippen LogP contribution >= 0.6 is 11.3 Å². The zero-order chi connectivity index (χ0) is 12.4. The molecule has 1 fully saturated rings. The molecule has 3 atom stereocenters. The van der Waals surface area contributed by atoms with Crippen molar-refractivity contribution in [1.82, 2.24) is 5.32 Å². The Morgan fingerprint density at radius 3 is 2.76 bits per heavy atom. The monoisotopic (exact) mass is 253 g/mol. The molecule has 1 heterocycles. The van der Waals surface area contributed by atoms with E-state index in [9.17, 15) is 4.79 Å². The van der Waals surface area contributed by atoms with E-state index in [0.29, 0.717) is 16.8 Å². The molecule has 1 saturated carbocycles. The maximum Gasteiger partial charge on any atom is 0.345 e. The lowest BCUT2D eigenvalue weighted by Crippen LogP contribution is -2.31. The van der Waals surface area contributed by atoms with Crippen molar-refractivity contribution >= 4 is 17.3 Å².